The molecule has 0 aromatic carbocycles. The molecule has 1 unspecified atom stereocenters. The molecule has 0 saturated carbocycles. The van der Waals surface area contributed by atoms with Gasteiger partial charge >= 0.3 is 0 Å². The van der Waals surface area contributed by atoms with Gasteiger partial charge in [0, 0.05) is 42.4 Å². The predicted molar refractivity (Wildman–Crippen MR) is 140 cm³/mol. The lowest BCUT2D eigenvalue weighted by molar-refractivity contribution is 0.307. The lowest BCUT2D eigenvalue weighted by atomic mass is 10.0. The first-order chi connectivity index (χ1) is 16.1. The van der Waals surface area contributed by atoms with Crippen molar-refractivity contribution in [3.05, 3.63) is 40.7 Å². The van der Waals surface area contributed by atoms with E-state index in [-0.39, 0.29) is 0 Å². The Bertz CT molecular complexity index is 962. The van der Waals surface area contributed by atoms with Gasteiger partial charge in [0.15, 0.2) is 5.82 Å². The van der Waals surface area contributed by atoms with Crippen LogP contribution in [-0.4, -0.2) is 42.1 Å². The van der Waals surface area contributed by atoms with E-state index >= 15 is 0 Å². The van der Waals surface area contributed by atoms with E-state index in [4.69, 9.17) is 9.72 Å². The molecule has 7 nitrogen and oxygen atoms in total. The van der Waals surface area contributed by atoms with Crippen molar-refractivity contribution in [1.29, 1.82) is 0 Å². The highest BCUT2D eigenvalue weighted by molar-refractivity contribution is 7.16. The SMILES string of the molecule is CCCN(CCC)c1cc(OCCC2=CC(C)CC=N2)nc(/C=N/Nc2ccc(CC)s2)n1. The first-order valence-electron chi connectivity index (χ1n) is 12.0. The molecule has 1 atom stereocenters. The molecule has 3 heterocycles. The van der Waals surface area contributed by atoms with Crippen LogP contribution in [0.25, 0.3) is 0 Å². The van der Waals surface area contributed by atoms with Crippen LogP contribution in [0.5, 0.6) is 5.88 Å². The van der Waals surface area contributed by atoms with Gasteiger partial charge in [-0.05, 0) is 43.7 Å². The maximum Gasteiger partial charge on any atom is 0.219 e. The molecule has 0 saturated heterocycles. The molecule has 8 heteroatoms. The molecule has 3 rings (SSSR count). The Labute approximate surface area is 201 Å². The van der Waals surface area contributed by atoms with Crippen molar-refractivity contribution < 1.29 is 4.74 Å². The van der Waals surface area contributed by atoms with Gasteiger partial charge in [-0.3, -0.25) is 10.4 Å². The zero-order chi connectivity index (χ0) is 23.5. The Balaban J connectivity index is 1.73. The van der Waals surface area contributed by atoms with Crippen LogP contribution in [-0.2, 0) is 6.42 Å². The molecule has 178 valence electrons. The van der Waals surface area contributed by atoms with Gasteiger partial charge in [0.05, 0.1) is 12.8 Å². The second kappa shape index (κ2) is 13.1. The van der Waals surface area contributed by atoms with Crippen molar-refractivity contribution in [3.63, 3.8) is 0 Å². The first-order valence-corrected chi connectivity index (χ1v) is 12.8. The van der Waals surface area contributed by atoms with Gasteiger partial charge in [-0.25, -0.2) is 4.98 Å². The van der Waals surface area contributed by atoms with Crippen molar-refractivity contribution in [2.75, 3.05) is 30.0 Å². The summed E-state index contributed by atoms with van der Waals surface area (Å²) in [6.07, 6.45) is 10.8. The fourth-order valence-corrected chi connectivity index (χ4v) is 4.37. The van der Waals surface area contributed by atoms with E-state index in [0.717, 1.165) is 61.7 Å². The van der Waals surface area contributed by atoms with Crippen LogP contribution in [0.1, 0.15) is 64.1 Å². The molecule has 33 heavy (non-hydrogen) atoms. The predicted octanol–water partition coefficient (Wildman–Crippen LogP) is 5.94. The Morgan fingerprint density at radius 1 is 1.21 bits per heavy atom. The molecule has 0 bridgehead atoms. The Kier molecular flexibility index (Phi) is 9.87. The number of nitrogens with one attached hydrogen (secondary N) is 1. The first kappa shape index (κ1) is 24.9. The summed E-state index contributed by atoms with van der Waals surface area (Å²) < 4.78 is 6.04. The molecular formula is C25H36N6OS. The van der Waals surface area contributed by atoms with Crippen molar-refractivity contribution in [1.82, 2.24) is 9.97 Å². The van der Waals surface area contributed by atoms with Gasteiger partial charge in [0.25, 0.3) is 0 Å². The number of ether oxygens (including phenoxy) is 1. The molecule has 0 radical (unpaired) electrons. The van der Waals surface area contributed by atoms with E-state index in [2.05, 4.69) is 65.2 Å². The molecule has 2 aromatic rings. The summed E-state index contributed by atoms with van der Waals surface area (Å²) in [4.78, 5) is 17.4. The number of aromatic nitrogens is 2. The highest BCUT2D eigenvalue weighted by atomic mass is 32.1. The topological polar surface area (TPSA) is 75.0 Å². The lowest BCUT2D eigenvalue weighted by Gasteiger charge is -2.23. The van der Waals surface area contributed by atoms with Gasteiger partial charge in [0.1, 0.15) is 10.8 Å². The number of nitrogens with zero attached hydrogens (tertiary/aromatic N) is 5. The van der Waals surface area contributed by atoms with Gasteiger partial charge in [-0.2, -0.15) is 10.1 Å². The smallest absolute Gasteiger partial charge is 0.219 e. The van der Waals surface area contributed by atoms with Crippen LogP contribution in [0.15, 0.2) is 40.1 Å². The molecular weight excluding hydrogens is 432 g/mol. The molecule has 0 fully saturated rings. The minimum absolute atomic E-state index is 0.526. The van der Waals surface area contributed by atoms with E-state index in [1.54, 1.807) is 17.6 Å². The van der Waals surface area contributed by atoms with E-state index in [1.165, 1.54) is 4.88 Å². The zero-order valence-electron chi connectivity index (χ0n) is 20.3. The van der Waals surface area contributed by atoms with Crippen LogP contribution in [0.4, 0.5) is 10.8 Å². The van der Waals surface area contributed by atoms with E-state index < -0.39 is 0 Å². The maximum atomic E-state index is 6.04. The molecule has 0 amide bonds. The minimum Gasteiger partial charge on any atom is -0.477 e. The standard InChI is InChI=1S/C25H36N6OS/c1-5-13-31(14-6-2)23-17-24(32-15-11-20-16-19(4)10-12-26-20)29-22(28-23)18-27-30-25-9-8-21(7-3)33-25/h8-9,12,16-19,30H,5-7,10-11,13-15H2,1-4H3/b27-18+. The summed E-state index contributed by atoms with van der Waals surface area (Å²) in [5.41, 5.74) is 4.17. The molecule has 1 aliphatic heterocycles. The van der Waals surface area contributed by atoms with Gasteiger partial charge in [-0.1, -0.05) is 33.8 Å². The van der Waals surface area contributed by atoms with E-state index in [1.807, 2.05) is 18.3 Å². The summed E-state index contributed by atoms with van der Waals surface area (Å²) in [5, 5.41) is 5.37. The van der Waals surface area contributed by atoms with E-state index in [0.29, 0.717) is 24.2 Å². The van der Waals surface area contributed by atoms with Gasteiger partial charge in [0.2, 0.25) is 5.88 Å². The molecule has 2 aromatic heterocycles. The van der Waals surface area contributed by atoms with Crippen molar-refractivity contribution in [2.45, 2.75) is 59.8 Å². The quantitative estimate of drug-likeness (QED) is 0.291. The fourth-order valence-electron chi connectivity index (χ4n) is 3.57. The Hall–Kier alpha value is -2.74. The number of aryl methyl sites for hydroxylation is 1. The summed E-state index contributed by atoms with van der Waals surface area (Å²) in [6.45, 7) is 11.1. The Morgan fingerprint density at radius 2 is 2.03 bits per heavy atom. The monoisotopic (exact) mass is 468 g/mol. The zero-order valence-corrected chi connectivity index (χ0v) is 21.1. The fraction of sp³-hybridized carbons (Fsp3) is 0.520. The van der Waals surface area contributed by atoms with Gasteiger partial charge < -0.3 is 9.64 Å². The number of allylic oxidation sites excluding steroid dienone is 1. The van der Waals surface area contributed by atoms with Crippen LogP contribution in [0.2, 0.25) is 0 Å². The summed E-state index contributed by atoms with van der Waals surface area (Å²) in [7, 11) is 0. The van der Waals surface area contributed by atoms with Crippen LogP contribution < -0.4 is 15.1 Å². The normalized spacial score (nSPS) is 15.6. The van der Waals surface area contributed by atoms with Crippen molar-refractivity contribution >= 4 is 34.6 Å². The lowest BCUT2D eigenvalue weighted by Crippen LogP contribution is -2.26. The van der Waals surface area contributed by atoms with Crippen LogP contribution in [0, 0.1) is 5.92 Å². The third-order valence-corrected chi connectivity index (χ3v) is 6.34. The second-order valence-electron chi connectivity index (χ2n) is 8.18. The molecule has 0 aliphatic carbocycles. The molecule has 0 spiro atoms. The molecule has 1 aliphatic rings. The van der Waals surface area contributed by atoms with Crippen molar-refractivity contribution in [2.24, 2.45) is 16.0 Å². The third kappa shape index (κ3) is 7.96. The Morgan fingerprint density at radius 3 is 2.73 bits per heavy atom. The number of hydrogen-bond donors (Lipinski definition) is 1. The maximum absolute atomic E-state index is 6.04. The number of aliphatic imine (C=N–C) groups is 1. The number of thiophene rings is 1. The number of hydrogen-bond acceptors (Lipinski definition) is 8. The average molecular weight is 469 g/mol. The minimum atomic E-state index is 0.526. The number of anilines is 2. The second-order valence-corrected chi connectivity index (χ2v) is 9.35. The molecule has 1 N–H and O–H groups in total. The average Bonchev–Trinajstić information content (AvgIpc) is 3.27. The summed E-state index contributed by atoms with van der Waals surface area (Å²) in [6, 6.07) is 6.09. The third-order valence-electron chi connectivity index (χ3n) is 5.20. The van der Waals surface area contributed by atoms with Crippen LogP contribution in [0.3, 0.4) is 0 Å². The van der Waals surface area contributed by atoms with Gasteiger partial charge in [-0.15, -0.1) is 11.3 Å². The highest BCUT2D eigenvalue weighted by Crippen LogP contribution is 2.23. The number of hydrazone groups is 1. The van der Waals surface area contributed by atoms with E-state index in [9.17, 15) is 0 Å². The summed E-state index contributed by atoms with van der Waals surface area (Å²) >= 11 is 1.70. The van der Waals surface area contributed by atoms with Crippen molar-refractivity contribution in [3.8, 4) is 5.88 Å². The summed E-state index contributed by atoms with van der Waals surface area (Å²) in [5.74, 6) is 2.50. The number of rotatable bonds is 13. The largest absolute Gasteiger partial charge is 0.477 e. The highest BCUT2D eigenvalue weighted by Gasteiger charge is 2.12. The van der Waals surface area contributed by atoms with Crippen LogP contribution >= 0.6 is 11.3 Å².